The van der Waals surface area contributed by atoms with E-state index in [9.17, 15) is 10.1 Å². The topological polar surface area (TPSA) is 61.6 Å². The van der Waals surface area contributed by atoms with Gasteiger partial charge in [-0.3, -0.25) is 0 Å². The third kappa shape index (κ3) is 9.16. The van der Waals surface area contributed by atoms with E-state index in [1.807, 2.05) is 13.8 Å². The lowest BCUT2D eigenvalue weighted by atomic mass is 10.2. The van der Waals surface area contributed by atoms with Crippen molar-refractivity contribution in [3.8, 4) is 0 Å². The van der Waals surface area contributed by atoms with Crippen LogP contribution in [-0.4, -0.2) is 24.9 Å². The zero-order valence-corrected chi connectivity index (χ0v) is 6.78. The summed E-state index contributed by atoms with van der Waals surface area (Å²) in [6, 6.07) is 0. The molecule has 0 radical (unpaired) electrons. The lowest BCUT2D eigenvalue weighted by Crippen LogP contribution is -2.11. The van der Waals surface area contributed by atoms with Gasteiger partial charge in [0.1, 0.15) is 6.61 Å². The molecule has 5 heteroatoms. The van der Waals surface area contributed by atoms with Crippen LogP contribution >= 0.6 is 0 Å². The van der Waals surface area contributed by atoms with Crippen LogP contribution in [0.25, 0.3) is 0 Å². The third-order valence-electron chi connectivity index (χ3n) is 0.876. The quantitative estimate of drug-likeness (QED) is 0.331. The average Bonchev–Trinajstić information content (AvgIpc) is 1.85. The van der Waals surface area contributed by atoms with Crippen molar-refractivity contribution in [2.75, 3.05) is 19.8 Å². The molecule has 66 valence electrons. The lowest BCUT2D eigenvalue weighted by molar-refractivity contribution is -0.758. The second kappa shape index (κ2) is 5.91. The highest BCUT2D eigenvalue weighted by Gasteiger charge is 1.95. The van der Waals surface area contributed by atoms with E-state index in [0.717, 1.165) is 0 Å². The Morgan fingerprint density at radius 1 is 1.45 bits per heavy atom. The molecule has 0 aromatic rings. The Morgan fingerprint density at radius 2 is 2.09 bits per heavy atom. The molecule has 0 bridgehead atoms. The first-order valence-corrected chi connectivity index (χ1v) is 3.48. The first kappa shape index (κ1) is 10.2. The Labute approximate surface area is 65.4 Å². The molecule has 0 fully saturated rings. The van der Waals surface area contributed by atoms with Gasteiger partial charge in [-0.1, -0.05) is 13.8 Å². The number of hydrogen-bond acceptors (Lipinski definition) is 4. The molecule has 5 nitrogen and oxygen atoms in total. The van der Waals surface area contributed by atoms with Crippen molar-refractivity contribution in [3.63, 3.8) is 0 Å². The summed E-state index contributed by atoms with van der Waals surface area (Å²) in [4.78, 5) is 13.6. The van der Waals surface area contributed by atoms with Crippen LogP contribution in [0.1, 0.15) is 13.8 Å². The van der Waals surface area contributed by atoms with Crippen molar-refractivity contribution in [1.29, 1.82) is 0 Å². The minimum atomic E-state index is -0.821. The Morgan fingerprint density at radius 3 is 2.55 bits per heavy atom. The maximum atomic E-state index is 9.62. The Bertz CT molecular complexity index is 115. The van der Waals surface area contributed by atoms with Crippen molar-refractivity contribution in [1.82, 2.24) is 0 Å². The Kier molecular flexibility index (Phi) is 5.46. The highest BCUT2D eigenvalue weighted by atomic mass is 17.0. The van der Waals surface area contributed by atoms with E-state index in [1.54, 1.807) is 0 Å². The smallest absolute Gasteiger partial charge is 0.294 e. The molecule has 0 aliphatic carbocycles. The van der Waals surface area contributed by atoms with Crippen LogP contribution in [0, 0.1) is 16.0 Å². The van der Waals surface area contributed by atoms with Crippen molar-refractivity contribution in [2.24, 2.45) is 5.92 Å². The molecule has 0 saturated heterocycles. The van der Waals surface area contributed by atoms with Gasteiger partial charge in [-0.2, -0.15) is 0 Å². The first-order chi connectivity index (χ1) is 5.13. The van der Waals surface area contributed by atoms with Crippen LogP contribution < -0.4 is 0 Å². The van der Waals surface area contributed by atoms with Crippen LogP contribution in [0.3, 0.4) is 0 Å². The molecule has 0 N–H and O–H groups in total. The second-order valence-electron chi connectivity index (χ2n) is 2.53. The van der Waals surface area contributed by atoms with Gasteiger partial charge in [0.25, 0.3) is 5.09 Å². The third-order valence-corrected chi connectivity index (χ3v) is 0.876. The molecule has 0 aliphatic rings. The van der Waals surface area contributed by atoms with Gasteiger partial charge in [0.05, 0.1) is 6.61 Å². The predicted octanol–water partition coefficient (Wildman–Crippen LogP) is 0.867. The van der Waals surface area contributed by atoms with Crippen LogP contribution in [0.2, 0.25) is 0 Å². The fourth-order valence-corrected chi connectivity index (χ4v) is 0.490. The van der Waals surface area contributed by atoms with E-state index >= 15 is 0 Å². The van der Waals surface area contributed by atoms with Crippen LogP contribution in [0.15, 0.2) is 0 Å². The molecule has 11 heavy (non-hydrogen) atoms. The van der Waals surface area contributed by atoms with E-state index < -0.39 is 5.09 Å². The predicted molar refractivity (Wildman–Crippen MR) is 38.6 cm³/mol. The lowest BCUT2D eigenvalue weighted by Gasteiger charge is -2.04. The molecule has 0 rings (SSSR count). The molecule has 0 aromatic heterocycles. The van der Waals surface area contributed by atoms with E-state index in [4.69, 9.17) is 4.74 Å². The SMILES string of the molecule is CC(C)COCCO[N+](=O)[O-]. The molecule has 0 aliphatic heterocycles. The maximum absolute atomic E-state index is 9.62. The maximum Gasteiger partial charge on any atom is 0.294 e. The molecule has 0 unspecified atom stereocenters. The van der Waals surface area contributed by atoms with Crippen molar-refractivity contribution < 1.29 is 14.7 Å². The van der Waals surface area contributed by atoms with E-state index in [0.29, 0.717) is 12.5 Å². The van der Waals surface area contributed by atoms with Crippen LogP contribution in [0.4, 0.5) is 0 Å². The summed E-state index contributed by atoms with van der Waals surface area (Å²) < 4.78 is 5.02. The van der Waals surface area contributed by atoms with Crippen molar-refractivity contribution >= 4 is 0 Å². The summed E-state index contributed by atoms with van der Waals surface area (Å²) >= 11 is 0. The Balaban J connectivity index is 2.97. The van der Waals surface area contributed by atoms with Gasteiger partial charge in [0, 0.05) is 6.61 Å². The number of nitrogens with zero attached hydrogens (tertiary/aromatic N) is 1. The van der Waals surface area contributed by atoms with Gasteiger partial charge >= 0.3 is 0 Å². The van der Waals surface area contributed by atoms with Gasteiger partial charge in [-0.25, -0.2) is 0 Å². The van der Waals surface area contributed by atoms with Gasteiger partial charge in [-0.15, -0.1) is 10.1 Å². The van der Waals surface area contributed by atoms with Gasteiger partial charge < -0.3 is 9.57 Å². The highest BCUT2D eigenvalue weighted by Crippen LogP contribution is 1.91. The molecular formula is C6H13NO4. The number of hydrogen-bond donors (Lipinski definition) is 0. The summed E-state index contributed by atoms with van der Waals surface area (Å²) in [5, 5.41) is 8.80. The summed E-state index contributed by atoms with van der Waals surface area (Å²) in [5.74, 6) is 0.450. The summed E-state index contributed by atoms with van der Waals surface area (Å²) in [7, 11) is 0. The van der Waals surface area contributed by atoms with E-state index in [2.05, 4.69) is 4.84 Å². The minimum Gasteiger partial charge on any atom is -0.379 e. The largest absolute Gasteiger partial charge is 0.379 e. The molecular weight excluding hydrogens is 150 g/mol. The zero-order chi connectivity index (χ0) is 8.69. The molecule has 0 aromatic carbocycles. The molecule has 0 amide bonds. The fraction of sp³-hybridized carbons (Fsp3) is 1.00. The highest BCUT2D eigenvalue weighted by molar-refractivity contribution is 4.38. The summed E-state index contributed by atoms with van der Waals surface area (Å²) in [5.41, 5.74) is 0. The minimum absolute atomic E-state index is 0.0136. The van der Waals surface area contributed by atoms with E-state index in [-0.39, 0.29) is 13.2 Å². The van der Waals surface area contributed by atoms with Crippen LogP contribution in [0.5, 0.6) is 0 Å². The Hall–Kier alpha value is -0.840. The van der Waals surface area contributed by atoms with Gasteiger partial charge in [0.2, 0.25) is 0 Å². The first-order valence-electron chi connectivity index (χ1n) is 3.48. The normalized spacial score (nSPS) is 10.1. The molecule has 0 saturated carbocycles. The fourth-order valence-electron chi connectivity index (χ4n) is 0.490. The van der Waals surface area contributed by atoms with Crippen molar-refractivity contribution in [3.05, 3.63) is 10.1 Å². The monoisotopic (exact) mass is 163 g/mol. The zero-order valence-electron chi connectivity index (χ0n) is 6.78. The molecule has 0 atom stereocenters. The number of rotatable bonds is 6. The number of ether oxygens (including phenoxy) is 1. The summed E-state index contributed by atoms with van der Waals surface area (Å²) in [6.45, 7) is 4.92. The summed E-state index contributed by atoms with van der Waals surface area (Å²) in [6.07, 6.45) is 0. The van der Waals surface area contributed by atoms with E-state index in [1.165, 1.54) is 0 Å². The standard InChI is InChI=1S/C6H13NO4/c1-6(2)5-10-3-4-11-7(8)9/h6H,3-5H2,1-2H3. The van der Waals surface area contributed by atoms with Gasteiger partial charge in [-0.05, 0) is 5.92 Å². The average molecular weight is 163 g/mol. The molecule has 0 heterocycles. The van der Waals surface area contributed by atoms with Crippen LogP contribution in [-0.2, 0) is 9.57 Å². The van der Waals surface area contributed by atoms with Crippen molar-refractivity contribution in [2.45, 2.75) is 13.8 Å². The second-order valence-corrected chi connectivity index (χ2v) is 2.53. The van der Waals surface area contributed by atoms with Gasteiger partial charge in [0.15, 0.2) is 0 Å². The molecule has 0 spiro atoms.